The molecule has 7 nitrogen and oxygen atoms in total. The lowest BCUT2D eigenvalue weighted by Gasteiger charge is -2.24. The first-order valence-corrected chi connectivity index (χ1v) is 12.6. The maximum atomic E-state index is 13.6. The van der Waals surface area contributed by atoms with E-state index in [0.717, 1.165) is 22.7 Å². The number of para-hydroxylation sites is 1. The number of allylic oxidation sites excluding steroid dienone is 1. The number of nitrogens with one attached hydrogen (secondary N) is 1. The van der Waals surface area contributed by atoms with Gasteiger partial charge in [0.15, 0.2) is 4.80 Å². The van der Waals surface area contributed by atoms with Gasteiger partial charge in [-0.1, -0.05) is 35.6 Å². The molecule has 1 amide bonds. The van der Waals surface area contributed by atoms with Crippen LogP contribution in [0.1, 0.15) is 36.0 Å². The Hall–Kier alpha value is -3.56. The minimum atomic E-state index is -0.546. The summed E-state index contributed by atoms with van der Waals surface area (Å²) in [5, 5.41) is 9.45. The van der Waals surface area contributed by atoms with Crippen LogP contribution in [-0.4, -0.2) is 20.3 Å². The number of thiophene rings is 1. The fourth-order valence-corrected chi connectivity index (χ4v) is 5.85. The van der Waals surface area contributed by atoms with Crippen molar-refractivity contribution in [1.82, 2.24) is 14.3 Å². The number of hydrogen-bond acceptors (Lipinski definition) is 6. The van der Waals surface area contributed by atoms with E-state index in [1.54, 1.807) is 10.6 Å². The van der Waals surface area contributed by atoms with E-state index in [-0.39, 0.29) is 11.5 Å². The monoisotopic (exact) mass is 489 g/mol. The molecule has 172 valence electrons. The zero-order valence-corrected chi connectivity index (χ0v) is 20.6. The molecule has 1 aliphatic rings. The minimum absolute atomic E-state index is 0.179. The number of amides is 1. The summed E-state index contributed by atoms with van der Waals surface area (Å²) in [5.41, 5.74) is 3.32. The van der Waals surface area contributed by atoms with Gasteiger partial charge in [-0.2, -0.15) is 5.10 Å². The van der Waals surface area contributed by atoms with Crippen LogP contribution in [0.25, 0.3) is 6.08 Å². The molecule has 9 heteroatoms. The Balaban J connectivity index is 1.64. The van der Waals surface area contributed by atoms with Crippen molar-refractivity contribution in [1.29, 1.82) is 0 Å². The van der Waals surface area contributed by atoms with E-state index in [9.17, 15) is 9.59 Å². The molecule has 0 radical (unpaired) electrons. The summed E-state index contributed by atoms with van der Waals surface area (Å²) in [4.78, 5) is 33.3. The predicted octanol–water partition coefficient (Wildman–Crippen LogP) is 3.46. The lowest BCUT2D eigenvalue weighted by Crippen LogP contribution is -2.40. The zero-order chi connectivity index (χ0) is 23.8. The smallest absolute Gasteiger partial charge is 0.271 e. The third-order valence-corrected chi connectivity index (χ3v) is 7.64. The molecule has 3 aromatic heterocycles. The van der Waals surface area contributed by atoms with E-state index >= 15 is 0 Å². The molecule has 34 heavy (non-hydrogen) atoms. The first-order chi connectivity index (χ1) is 16.5. The highest BCUT2D eigenvalue weighted by molar-refractivity contribution is 7.10. The van der Waals surface area contributed by atoms with E-state index in [0.29, 0.717) is 26.3 Å². The molecule has 0 aliphatic carbocycles. The zero-order valence-electron chi connectivity index (χ0n) is 19.0. The van der Waals surface area contributed by atoms with Gasteiger partial charge >= 0.3 is 0 Å². The molecule has 1 N–H and O–H groups in total. The molecule has 0 spiro atoms. The predicted molar refractivity (Wildman–Crippen MR) is 136 cm³/mol. The van der Waals surface area contributed by atoms with Gasteiger partial charge in [-0.15, -0.1) is 11.3 Å². The largest absolute Gasteiger partial charge is 0.322 e. The van der Waals surface area contributed by atoms with Crippen molar-refractivity contribution in [3.63, 3.8) is 0 Å². The average molecular weight is 490 g/mol. The highest BCUT2D eigenvalue weighted by Crippen LogP contribution is 2.33. The SMILES string of the molecule is CCn1ccc(/C=c2/sc3n(c2=O)[C@@H](c2cccs2)C(C(=O)Nc2ccccc2C)=C(C)N=3)n1. The van der Waals surface area contributed by atoms with Crippen molar-refractivity contribution >= 4 is 40.3 Å². The number of nitrogens with zero attached hydrogens (tertiary/aromatic N) is 4. The number of rotatable bonds is 5. The second-order valence-electron chi connectivity index (χ2n) is 7.96. The van der Waals surface area contributed by atoms with E-state index in [1.807, 2.05) is 79.5 Å². The van der Waals surface area contributed by atoms with E-state index in [2.05, 4.69) is 15.4 Å². The summed E-state index contributed by atoms with van der Waals surface area (Å²) in [7, 11) is 0. The lowest BCUT2D eigenvalue weighted by molar-refractivity contribution is -0.113. The molecule has 0 unspecified atom stereocenters. The van der Waals surface area contributed by atoms with Crippen molar-refractivity contribution in [3.05, 3.63) is 101 Å². The Morgan fingerprint density at radius 1 is 1.18 bits per heavy atom. The molecule has 0 saturated heterocycles. The van der Waals surface area contributed by atoms with Gasteiger partial charge in [-0.05, 0) is 56.0 Å². The maximum Gasteiger partial charge on any atom is 0.271 e. The number of fused-ring (bicyclic) bond motifs is 1. The number of anilines is 1. The number of carbonyl (C=O) groups excluding carboxylic acids is 1. The Morgan fingerprint density at radius 3 is 2.71 bits per heavy atom. The van der Waals surface area contributed by atoms with Gasteiger partial charge in [0, 0.05) is 23.3 Å². The molecule has 1 aromatic carbocycles. The van der Waals surface area contributed by atoms with Crippen LogP contribution in [0.2, 0.25) is 0 Å². The number of aryl methyl sites for hydroxylation is 2. The van der Waals surface area contributed by atoms with Gasteiger partial charge in [0.1, 0.15) is 6.04 Å². The van der Waals surface area contributed by atoms with Crippen LogP contribution in [-0.2, 0) is 11.3 Å². The summed E-state index contributed by atoms with van der Waals surface area (Å²) in [6.07, 6.45) is 3.67. The molecule has 4 heterocycles. The van der Waals surface area contributed by atoms with Gasteiger partial charge in [0.2, 0.25) is 0 Å². The van der Waals surface area contributed by atoms with Gasteiger partial charge < -0.3 is 5.32 Å². The molecule has 0 bridgehead atoms. The van der Waals surface area contributed by atoms with Crippen molar-refractivity contribution in [2.75, 3.05) is 5.32 Å². The molecule has 4 aromatic rings. The standard InChI is InChI=1S/C25H23N5O2S2/c1-4-29-12-11-17(28-29)14-20-24(32)30-22(19-10-7-13-33-19)21(16(3)26-25(30)34-20)23(31)27-18-9-6-5-8-15(18)2/h5-14,22H,4H2,1-3H3,(H,27,31)/b20-14+/t22-/m0/s1. The van der Waals surface area contributed by atoms with Crippen LogP contribution < -0.4 is 20.2 Å². The second-order valence-corrected chi connectivity index (χ2v) is 9.95. The molecule has 0 saturated carbocycles. The van der Waals surface area contributed by atoms with E-state index in [1.165, 1.54) is 22.7 Å². The van der Waals surface area contributed by atoms with Gasteiger partial charge in [0.05, 0.1) is 21.5 Å². The van der Waals surface area contributed by atoms with Crippen LogP contribution in [0.3, 0.4) is 0 Å². The normalized spacial score (nSPS) is 15.9. The maximum absolute atomic E-state index is 13.6. The number of hydrogen-bond donors (Lipinski definition) is 1. The Labute approximate surface area is 204 Å². The summed E-state index contributed by atoms with van der Waals surface area (Å²) in [6, 6.07) is 12.8. The third kappa shape index (κ3) is 3.97. The summed E-state index contributed by atoms with van der Waals surface area (Å²) < 4.78 is 3.99. The van der Waals surface area contributed by atoms with Gasteiger partial charge in [0.25, 0.3) is 11.5 Å². The van der Waals surface area contributed by atoms with Crippen molar-refractivity contribution in [3.8, 4) is 0 Å². The topological polar surface area (TPSA) is 81.3 Å². The second kappa shape index (κ2) is 9.00. The number of aromatic nitrogens is 3. The average Bonchev–Trinajstić information content (AvgIpc) is 3.56. The molecule has 1 atom stereocenters. The highest BCUT2D eigenvalue weighted by Gasteiger charge is 2.33. The third-order valence-electron chi connectivity index (χ3n) is 5.74. The van der Waals surface area contributed by atoms with Crippen LogP contribution in [0, 0.1) is 6.92 Å². The number of carbonyl (C=O) groups is 1. The summed E-state index contributed by atoms with van der Waals surface area (Å²) >= 11 is 2.83. The molecular formula is C25H23N5O2S2. The molecule has 5 rings (SSSR count). The molecule has 0 fully saturated rings. The van der Waals surface area contributed by atoms with E-state index < -0.39 is 6.04 Å². The van der Waals surface area contributed by atoms with Crippen molar-refractivity contribution < 1.29 is 4.79 Å². The highest BCUT2D eigenvalue weighted by atomic mass is 32.1. The number of benzene rings is 1. The van der Waals surface area contributed by atoms with Gasteiger partial charge in [-0.25, -0.2) is 4.99 Å². The fourth-order valence-electron chi connectivity index (χ4n) is 4.00. The first kappa shape index (κ1) is 22.2. The van der Waals surface area contributed by atoms with E-state index in [4.69, 9.17) is 0 Å². The first-order valence-electron chi connectivity index (χ1n) is 10.9. The number of thiazole rings is 1. The van der Waals surface area contributed by atoms with Gasteiger partial charge in [-0.3, -0.25) is 18.8 Å². The Bertz CT molecular complexity index is 1590. The van der Waals surface area contributed by atoms with Crippen LogP contribution >= 0.6 is 22.7 Å². The quantitative estimate of drug-likeness (QED) is 0.466. The lowest BCUT2D eigenvalue weighted by atomic mass is 10.0. The van der Waals surface area contributed by atoms with Crippen LogP contribution in [0.5, 0.6) is 0 Å². The minimum Gasteiger partial charge on any atom is -0.322 e. The molecular weight excluding hydrogens is 466 g/mol. The van der Waals surface area contributed by atoms with Crippen LogP contribution in [0.15, 0.2) is 75.1 Å². The Morgan fingerprint density at radius 2 is 2.00 bits per heavy atom. The van der Waals surface area contributed by atoms with Crippen molar-refractivity contribution in [2.45, 2.75) is 33.4 Å². The van der Waals surface area contributed by atoms with Crippen LogP contribution in [0.4, 0.5) is 5.69 Å². The summed E-state index contributed by atoms with van der Waals surface area (Å²) in [5.74, 6) is -0.259. The molecule has 1 aliphatic heterocycles. The summed E-state index contributed by atoms with van der Waals surface area (Å²) in [6.45, 7) is 6.54. The fraction of sp³-hybridized carbons (Fsp3) is 0.200. The Kier molecular flexibility index (Phi) is 5.89. The van der Waals surface area contributed by atoms with Crippen molar-refractivity contribution in [2.24, 2.45) is 4.99 Å².